The monoisotopic (exact) mass is 363 g/mol. The zero-order valence-corrected chi connectivity index (χ0v) is 15.6. The number of aromatic nitrogens is 2. The maximum Gasteiger partial charge on any atom is 0.195 e. The van der Waals surface area contributed by atoms with Gasteiger partial charge in [-0.2, -0.15) is 0 Å². The summed E-state index contributed by atoms with van der Waals surface area (Å²) in [5, 5.41) is 0. The summed E-state index contributed by atoms with van der Waals surface area (Å²) in [6.07, 6.45) is 4.37. The van der Waals surface area contributed by atoms with Crippen molar-refractivity contribution in [2.75, 3.05) is 6.54 Å². The maximum absolute atomic E-state index is 12.3. The predicted octanol–water partition coefficient (Wildman–Crippen LogP) is 4.84. The molecule has 2 aromatic heterocycles. The zero-order chi connectivity index (χ0) is 18.1. The molecule has 2 aromatic carbocycles. The lowest BCUT2D eigenvalue weighted by Gasteiger charge is -2.01. The van der Waals surface area contributed by atoms with Gasteiger partial charge in [-0.3, -0.25) is 9.20 Å². The summed E-state index contributed by atoms with van der Waals surface area (Å²) in [7, 11) is 0. The maximum atomic E-state index is 12.3. The second kappa shape index (κ2) is 7.02. The fourth-order valence-corrected chi connectivity index (χ4v) is 4.16. The van der Waals surface area contributed by atoms with E-state index < -0.39 is 0 Å². The predicted molar refractivity (Wildman–Crippen MR) is 108 cm³/mol. The molecular formula is C21H21N3OS. The van der Waals surface area contributed by atoms with E-state index in [9.17, 15) is 4.79 Å². The molecule has 26 heavy (non-hydrogen) atoms. The molecule has 4 rings (SSSR count). The standard InChI is InChI=1S/C21H21N3OS/c1-14-5-7-15(8-6-14)17-13-24-18-10-9-16(19(25)4-2-3-11-22)12-20(18)26-21(24)23-17/h5-10,12-13H,2-4,11,22H2,1H3. The SMILES string of the molecule is Cc1ccc(-c2cn3c(n2)sc2cc(C(=O)CCCCN)ccc23)cc1. The topological polar surface area (TPSA) is 60.4 Å². The number of aryl methyl sites for hydroxylation is 1. The van der Waals surface area contributed by atoms with Crippen molar-refractivity contribution in [3.63, 3.8) is 0 Å². The van der Waals surface area contributed by atoms with Crippen molar-refractivity contribution in [3.8, 4) is 11.3 Å². The Morgan fingerprint density at radius 2 is 1.96 bits per heavy atom. The first kappa shape index (κ1) is 16.9. The van der Waals surface area contributed by atoms with Crippen LogP contribution in [0.2, 0.25) is 0 Å². The van der Waals surface area contributed by atoms with Crippen LogP contribution < -0.4 is 5.73 Å². The van der Waals surface area contributed by atoms with Crippen LogP contribution in [-0.4, -0.2) is 21.7 Å². The average molecular weight is 363 g/mol. The van der Waals surface area contributed by atoms with Crippen molar-refractivity contribution < 1.29 is 4.79 Å². The first-order valence-corrected chi connectivity index (χ1v) is 9.69. The molecule has 0 saturated carbocycles. The van der Waals surface area contributed by atoms with E-state index in [2.05, 4.69) is 41.8 Å². The van der Waals surface area contributed by atoms with Crippen LogP contribution in [0.5, 0.6) is 0 Å². The van der Waals surface area contributed by atoms with E-state index in [0.717, 1.165) is 44.8 Å². The molecule has 0 radical (unpaired) electrons. The summed E-state index contributed by atoms with van der Waals surface area (Å²) in [6, 6.07) is 14.3. The summed E-state index contributed by atoms with van der Waals surface area (Å²) >= 11 is 1.62. The number of ketones is 1. The van der Waals surface area contributed by atoms with Crippen LogP contribution in [0.25, 0.3) is 26.4 Å². The number of fused-ring (bicyclic) bond motifs is 3. The average Bonchev–Trinajstić information content (AvgIpc) is 3.19. The van der Waals surface area contributed by atoms with Crippen LogP contribution in [0.3, 0.4) is 0 Å². The van der Waals surface area contributed by atoms with E-state index in [0.29, 0.717) is 13.0 Å². The Balaban J connectivity index is 1.66. The van der Waals surface area contributed by atoms with E-state index in [-0.39, 0.29) is 5.78 Å². The number of thiazole rings is 1. The van der Waals surface area contributed by atoms with Gasteiger partial charge in [0, 0.05) is 23.7 Å². The zero-order valence-electron chi connectivity index (χ0n) is 14.7. The summed E-state index contributed by atoms with van der Waals surface area (Å²) in [5.74, 6) is 0.187. The van der Waals surface area contributed by atoms with Gasteiger partial charge in [0.25, 0.3) is 0 Å². The molecule has 2 N–H and O–H groups in total. The van der Waals surface area contributed by atoms with Crippen LogP contribution in [-0.2, 0) is 0 Å². The molecule has 2 heterocycles. The van der Waals surface area contributed by atoms with E-state index >= 15 is 0 Å². The Morgan fingerprint density at radius 3 is 2.73 bits per heavy atom. The summed E-state index contributed by atoms with van der Waals surface area (Å²) in [4.78, 5) is 18.0. The second-order valence-electron chi connectivity index (χ2n) is 6.60. The number of benzene rings is 2. The minimum atomic E-state index is 0.187. The number of Topliss-reactive ketones (excluding diaryl/α,β-unsaturated/α-hetero) is 1. The quantitative estimate of drug-likeness (QED) is 0.394. The Labute approximate surface area is 156 Å². The minimum absolute atomic E-state index is 0.187. The number of imidazole rings is 1. The number of nitrogens with two attached hydrogens (primary N) is 1. The van der Waals surface area contributed by atoms with Gasteiger partial charge in [-0.25, -0.2) is 4.98 Å². The smallest absolute Gasteiger partial charge is 0.195 e. The number of rotatable bonds is 6. The number of unbranched alkanes of at least 4 members (excludes halogenated alkanes) is 1. The molecule has 0 saturated heterocycles. The molecule has 0 unspecified atom stereocenters. The molecule has 4 nitrogen and oxygen atoms in total. The lowest BCUT2D eigenvalue weighted by atomic mass is 10.1. The van der Waals surface area contributed by atoms with E-state index in [1.54, 1.807) is 11.3 Å². The van der Waals surface area contributed by atoms with Crippen LogP contribution in [0.1, 0.15) is 35.2 Å². The van der Waals surface area contributed by atoms with E-state index in [4.69, 9.17) is 10.7 Å². The highest BCUT2D eigenvalue weighted by Gasteiger charge is 2.13. The number of nitrogens with zero attached hydrogens (tertiary/aromatic N) is 2. The fourth-order valence-electron chi connectivity index (χ4n) is 3.11. The summed E-state index contributed by atoms with van der Waals surface area (Å²) in [6.45, 7) is 2.72. The summed E-state index contributed by atoms with van der Waals surface area (Å²) < 4.78 is 3.20. The molecule has 0 atom stereocenters. The highest BCUT2D eigenvalue weighted by atomic mass is 32.1. The summed E-state index contributed by atoms with van der Waals surface area (Å²) in [5.41, 5.74) is 10.7. The Bertz CT molecular complexity index is 1080. The van der Waals surface area contributed by atoms with Gasteiger partial charge in [0.1, 0.15) is 0 Å². The third kappa shape index (κ3) is 3.16. The third-order valence-corrected chi connectivity index (χ3v) is 5.64. The van der Waals surface area contributed by atoms with Crippen molar-refractivity contribution in [2.24, 2.45) is 5.73 Å². The molecular weight excluding hydrogens is 342 g/mol. The molecule has 0 fully saturated rings. The van der Waals surface area contributed by atoms with Crippen molar-refractivity contribution in [1.82, 2.24) is 9.38 Å². The second-order valence-corrected chi connectivity index (χ2v) is 7.61. The number of carbonyl (C=O) groups excluding carboxylic acids is 1. The van der Waals surface area contributed by atoms with Gasteiger partial charge in [-0.15, -0.1) is 0 Å². The lowest BCUT2D eigenvalue weighted by Crippen LogP contribution is -2.02. The first-order valence-electron chi connectivity index (χ1n) is 8.87. The fraction of sp³-hybridized carbons (Fsp3) is 0.238. The highest BCUT2D eigenvalue weighted by Crippen LogP contribution is 2.30. The van der Waals surface area contributed by atoms with Crippen molar-refractivity contribution >= 4 is 32.3 Å². The highest BCUT2D eigenvalue weighted by molar-refractivity contribution is 7.23. The van der Waals surface area contributed by atoms with Crippen molar-refractivity contribution in [3.05, 3.63) is 59.8 Å². The van der Waals surface area contributed by atoms with Crippen molar-refractivity contribution in [2.45, 2.75) is 26.2 Å². The number of hydrogen-bond acceptors (Lipinski definition) is 4. The number of hydrogen-bond donors (Lipinski definition) is 1. The van der Waals surface area contributed by atoms with Gasteiger partial charge in [-0.05, 0) is 44.5 Å². The van der Waals surface area contributed by atoms with Crippen LogP contribution in [0.15, 0.2) is 48.7 Å². The number of carbonyl (C=O) groups is 1. The van der Waals surface area contributed by atoms with Crippen LogP contribution >= 0.6 is 11.3 Å². The Kier molecular flexibility index (Phi) is 4.57. The van der Waals surface area contributed by atoms with Gasteiger partial charge in [0.15, 0.2) is 10.7 Å². The van der Waals surface area contributed by atoms with Gasteiger partial charge >= 0.3 is 0 Å². The largest absolute Gasteiger partial charge is 0.330 e. The van der Waals surface area contributed by atoms with Gasteiger partial charge in [0.05, 0.1) is 15.9 Å². The molecule has 4 aromatic rings. The first-order chi connectivity index (χ1) is 12.7. The lowest BCUT2D eigenvalue weighted by molar-refractivity contribution is 0.0980. The van der Waals surface area contributed by atoms with Crippen LogP contribution in [0.4, 0.5) is 0 Å². The van der Waals surface area contributed by atoms with Crippen molar-refractivity contribution in [1.29, 1.82) is 0 Å². The van der Waals surface area contributed by atoms with Crippen LogP contribution in [0, 0.1) is 6.92 Å². The van der Waals surface area contributed by atoms with E-state index in [1.165, 1.54) is 5.56 Å². The Hall–Kier alpha value is -2.50. The molecule has 0 amide bonds. The molecule has 0 aliphatic carbocycles. The van der Waals surface area contributed by atoms with E-state index in [1.807, 2.05) is 18.2 Å². The molecule has 0 aliphatic heterocycles. The molecule has 132 valence electrons. The molecule has 0 aliphatic rings. The Morgan fingerprint density at radius 1 is 1.15 bits per heavy atom. The third-order valence-electron chi connectivity index (χ3n) is 4.62. The van der Waals surface area contributed by atoms with Gasteiger partial charge < -0.3 is 5.73 Å². The molecule has 5 heteroatoms. The van der Waals surface area contributed by atoms with Gasteiger partial charge in [0.2, 0.25) is 0 Å². The molecule has 0 bridgehead atoms. The molecule has 0 spiro atoms. The minimum Gasteiger partial charge on any atom is -0.330 e. The normalized spacial score (nSPS) is 11.5. The van der Waals surface area contributed by atoms with Gasteiger partial charge in [-0.1, -0.05) is 41.2 Å².